The molecule has 2 unspecified atom stereocenters. The van der Waals surface area contributed by atoms with E-state index in [0.29, 0.717) is 19.6 Å². The largest absolute Gasteiger partial charge is 0.396 e. The van der Waals surface area contributed by atoms with Crippen molar-refractivity contribution in [3.05, 3.63) is 12.2 Å². The third-order valence-electron chi connectivity index (χ3n) is 4.15. The van der Waals surface area contributed by atoms with Crippen molar-refractivity contribution in [2.45, 2.75) is 38.9 Å². The number of nitrogens with one attached hydrogen (secondary N) is 1. The molecule has 2 rings (SSSR count). The molecule has 118 valence electrons. The van der Waals surface area contributed by atoms with Gasteiger partial charge >= 0.3 is 0 Å². The zero-order valence-corrected chi connectivity index (χ0v) is 12.9. The lowest BCUT2D eigenvalue weighted by atomic mass is 9.84. The molecule has 6 nitrogen and oxygen atoms in total. The van der Waals surface area contributed by atoms with Crippen LogP contribution in [-0.2, 0) is 14.3 Å². The number of rotatable bonds is 7. The molecule has 0 aliphatic carbocycles. The van der Waals surface area contributed by atoms with Crippen LogP contribution in [0.4, 0.5) is 0 Å². The van der Waals surface area contributed by atoms with Gasteiger partial charge in [-0.2, -0.15) is 0 Å². The van der Waals surface area contributed by atoms with Gasteiger partial charge in [-0.1, -0.05) is 19.9 Å². The van der Waals surface area contributed by atoms with E-state index >= 15 is 0 Å². The number of carbonyl (C=O) groups excluding carboxylic acids is 2. The number of hydrogen-bond donors (Lipinski definition) is 2. The number of ether oxygens (including phenoxy) is 1. The van der Waals surface area contributed by atoms with Crippen molar-refractivity contribution in [3.63, 3.8) is 0 Å². The third kappa shape index (κ3) is 3.63. The Morgan fingerprint density at radius 1 is 1.62 bits per heavy atom. The molecule has 2 heterocycles. The molecule has 2 amide bonds. The quantitative estimate of drug-likeness (QED) is 0.651. The number of nitrogens with zero attached hydrogens (tertiary/aromatic N) is 1. The lowest BCUT2D eigenvalue weighted by molar-refractivity contribution is -0.126. The zero-order chi connectivity index (χ0) is 15.7. The monoisotopic (exact) mass is 296 g/mol. The Labute approximate surface area is 125 Å². The van der Waals surface area contributed by atoms with Crippen LogP contribution in [0.3, 0.4) is 0 Å². The Balaban J connectivity index is 1.69. The van der Waals surface area contributed by atoms with Crippen LogP contribution >= 0.6 is 0 Å². The molecule has 2 atom stereocenters. The Kier molecular flexibility index (Phi) is 4.39. The summed E-state index contributed by atoms with van der Waals surface area (Å²) in [5.74, 6) is -0.128. The van der Waals surface area contributed by atoms with Crippen LogP contribution in [0.5, 0.6) is 0 Å². The lowest BCUT2D eigenvalue weighted by Crippen LogP contribution is -2.39. The number of aliphatic hydroxyl groups is 1. The second-order valence-corrected chi connectivity index (χ2v) is 6.67. The van der Waals surface area contributed by atoms with E-state index in [9.17, 15) is 14.7 Å². The molecular formula is C15H24N2O4. The molecular weight excluding hydrogens is 272 g/mol. The first-order valence-electron chi connectivity index (χ1n) is 7.29. The normalized spacial score (nSPS) is 28.1. The van der Waals surface area contributed by atoms with Crippen molar-refractivity contribution in [3.8, 4) is 0 Å². The molecule has 0 aromatic rings. The molecule has 2 N–H and O–H groups in total. The van der Waals surface area contributed by atoms with E-state index < -0.39 is 5.60 Å². The van der Waals surface area contributed by atoms with Crippen molar-refractivity contribution in [2.24, 2.45) is 5.41 Å². The first-order valence-corrected chi connectivity index (χ1v) is 7.29. The van der Waals surface area contributed by atoms with Crippen molar-refractivity contribution < 1.29 is 19.4 Å². The summed E-state index contributed by atoms with van der Waals surface area (Å²) in [5.41, 5.74) is -0.722. The van der Waals surface area contributed by atoms with E-state index in [-0.39, 0.29) is 36.4 Å². The minimum absolute atomic E-state index is 0.0370. The minimum Gasteiger partial charge on any atom is -0.396 e. The maximum atomic E-state index is 11.8. The SMILES string of the molecule is CC(C)(CO)C1OC1(C)CNC(=O)CCN1CC=CC1=O. The molecule has 0 aromatic carbocycles. The summed E-state index contributed by atoms with van der Waals surface area (Å²) >= 11 is 0. The Morgan fingerprint density at radius 2 is 2.33 bits per heavy atom. The van der Waals surface area contributed by atoms with E-state index in [1.807, 2.05) is 20.8 Å². The van der Waals surface area contributed by atoms with Crippen molar-refractivity contribution in [2.75, 3.05) is 26.2 Å². The standard InChI is InChI=1S/C15H24N2O4/c1-14(2,10-18)13-15(3,21-13)9-16-11(19)6-8-17-7-4-5-12(17)20/h4-5,13,18H,6-10H2,1-3H3,(H,16,19). The highest BCUT2D eigenvalue weighted by molar-refractivity contribution is 5.90. The topological polar surface area (TPSA) is 82.2 Å². The van der Waals surface area contributed by atoms with E-state index in [1.165, 1.54) is 6.08 Å². The molecule has 2 aliphatic heterocycles. The number of hydrogen-bond acceptors (Lipinski definition) is 4. The van der Waals surface area contributed by atoms with Crippen LogP contribution in [-0.4, -0.2) is 59.8 Å². The number of epoxide rings is 1. The molecule has 0 spiro atoms. The third-order valence-corrected chi connectivity index (χ3v) is 4.15. The second-order valence-electron chi connectivity index (χ2n) is 6.67. The van der Waals surface area contributed by atoms with Gasteiger partial charge in [0.15, 0.2) is 0 Å². The molecule has 0 saturated carbocycles. The molecule has 0 radical (unpaired) electrons. The van der Waals surface area contributed by atoms with Crippen LogP contribution < -0.4 is 5.32 Å². The van der Waals surface area contributed by atoms with Gasteiger partial charge in [-0.15, -0.1) is 0 Å². The van der Waals surface area contributed by atoms with Gasteiger partial charge in [0.1, 0.15) is 5.60 Å². The highest BCUT2D eigenvalue weighted by Crippen LogP contribution is 2.46. The van der Waals surface area contributed by atoms with Gasteiger partial charge in [0.05, 0.1) is 12.7 Å². The summed E-state index contributed by atoms with van der Waals surface area (Å²) in [6.45, 7) is 7.30. The van der Waals surface area contributed by atoms with E-state index in [0.717, 1.165) is 0 Å². The highest BCUT2D eigenvalue weighted by Gasteiger charge is 2.59. The lowest BCUT2D eigenvalue weighted by Gasteiger charge is -2.21. The number of amides is 2. The first-order chi connectivity index (χ1) is 9.78. The van der Waals surface area contributed by atoms with Crippen molar-refractivity contribution in [1.29, 1.82) is 0 Å². The van der Waals surface area contributed by atoms with E-state index in [4.69, 9.17) is 4.74 Å². The van der Waals surface area contributed by atoms with Gasteiger partial charge in [0.25, 0.3) is 0 Å². The minimum atomic E-state index is -0.410. The van der Waals surface area contributed by atoms with Crippen LogP contribution in [0.15, 0.2) is 12.2 Å². The first kappa shape index (κ1) is 16.0. The maximum Gasteiger partial charge on any atom is 0.246 e. The fourth-order valence-electron chi connectivity index (χ4n) is 2.72. The van der Waals surface area contributed by atoms with Crippen LogP contribution in [0.25, 0.3) is 0 Å². The van der Waals surface area contributed by atoms with Crippen LogP contribution in [0.1, 0.15) is 27.2 Å². The Morgan fingerprint density at radius 3 is 2.90 bits per heavy atom. The van der Waals surface area contributed by atoms with Gasteiger partial charge in [-0.05, 0) is 6.92 Å². The maximum absolute atomic E-state index is 11.8. The van der Waals surface area contributed by atoms with Crippen LogP contribution in [0.2, 0.25) is 0 Å². The molecule has 2 aliphatic rings. The van der Waals surface area contributed by atoms with E-state index in [1.54, 1.807) is 11.0 Å². The average molecular weight is 296 g/mol. The fourth-order valence-corrected chi connectivity index (χ4v) is 2.72. The summed E-state index contributed by atoms with van der Waals surface area (Å²) in [6, 6.07) is 0. The van der Waals surface area contributed by atoms with Crippen LogP contribution in [0, 0.1) is 5.41 Å². The van der Waals surface area contributed by atoms with Gasteiger partial charge in [-0.3, -0.25) is 9.59 Å². The summed E-state index contributed by atoms with van der Waals surface area (Å²) < 4.78 is 5.66. The van der Waals surface area contributed by atoms with E-state index in [2.05, 4.69) is 5.32 Å². The van der Waals surface area contributed by atoms with Gasteiger partial charge in [0, 0.05) is 37.5 Å². The summed E-state index contributed by atoms with van der Waals surface area (Å²) in [4.78, 5) is 24.8. The summed E-state index contributed by atoms with van der Waals surface area (Å²) in [5, 5.41) is 12.2. The Hall–Kier alpha value is -1.40. The second kappa shape index (κ2) is 5.77. The molecule has 6 heteroatoms. The smallest absolute Gasteiger partial charge is 0.246 e. The predicted molar refractivity (Wildman–Crippen MR) is 77.5 cm³/mol. The Bertz CT molecular complexity index is 461. The molecule has 0 aromatic heterocycles. The highest BCUT2D eigenvalue weighted by atomic mass is 16.6. The van der Waals surface area contributed by atoms with Gasteiger partial charge in [-0.25, -0.2) is 0 Å². The molecule has 21 heavy (non-hydrogen) atoms. The molecule has 0 bridgehead atoms. The van der Waals surface area contributed by atoms with Gasteiger partial charge < -0.3 is 20.1 Å². The average Bonchev–Trinajstić information content (AvgIpc) is 2.97. The summed E-state index contributed by atoms with van der Waals surface area (Å²) in [6.07, 6.45) is 3.55. The predicted octanol–water partition coefficient (Wildman–Crippen LogP) is 0.0671. The number of aliphatic hydroxyl groups excluding tert-OH is 1. The van der Waals surface area contributed by atoms with Crippen molar-refractivity contribution in [1.82, 2.24) is 10.2 Å². The van der Waals surface area contributed by atoms with Crippen molar-refractivity contribution >= 4 is 11.8 Å². The zero-order valence-electron chi connectivity index (χ0n) is 12.9. The fraction of sp³-hybridized carbons (Fsp3) is 0.733. The molecule has 1 saturated heterocycles. The molecule has 1 fully saturated rings. The number of carbonyl (C=O) groups is 2. The van der Waals surface area contributed by atoms with Gasteiger partial charge in [0.2, 0.25) is 11.8 Å². The summed E-state index contributed by atoms with van der Waals surface area (Å²) in [7, 11) is 0.